The summed E-state index contributed by atoms with van der Waals surface area (Å²) in [7, 11) is 2.87. The van der Waals surface area contributed by atoms with Crippen LogP contribution in [0.3, 0.4) is 0 Å². The Morgan fingerprint density at radius 2 is 1.70 bits per heavy atom. The highest BCUT2D eigenvalue weighted by Gasteiger charge is 2.10. The van der Waals surface area contributed by atoms with E-state index in [-0.39, 0.29) is 35.4 Å². The molecule has 3 N–H and O–H groups in total. The summed E-state index contributed by atoms with van der Waals surface area (Å²) in [6.45, 7) is 0.423. The van der Waals surface area contributed by atoms with Crippen LogP contribution in [0.1, 0.15) is 11.1 Å². The third-order valence-corrected chi connectivity index (χ3v) is 3.73. The highest BCUT2D eigenvalue weighted by molar-refractivity contribution is 5.94. The molecule has 0 saturated heterocycles. The molecule has 0 amide bonds. The summed E-state index contributed by atoms with van der Waals surface area (Å²) in [5.41, 5.74) is 4.43. The van der Waals surface area contributed by atoms with Gasteiger partial charge >= 0.3 is 0 Å². The van der Waals surface area contributed by atoms with Gasteiger partial charge in [-0.25, -0.2) is 5.48 Å². The van der Waals surface area contributed by atoms with Crippen molar-refractivity contribution in [3.8, 4) is 23.0 Å². The fraction of sp³-hybridized carbons (Fsp3) is 0.250. The number of nitrogens with one attached hydrogen (secondary N) is 1. The second kappa shape index (κ2) is 10.2. The second-order valence-electron chi connectivity index (χ2n) is 5.67. The van der Waals surface area contributed by atoms with E-state index in [1.54, 1.807) is 30.3 Å². The van der Waals surface area contributed by atoms with Crippen LogP contribution in [0.4, 0.5) is 0 Å². The van der Waals surface area contributed by atoms with Crippen molar-refractivity contribution in [2.24, 2.45) is 0 Å². The number of ketones is 1. The first-order valence-electron chi connectivity index (χ1n) is 8.32. The third-order valence-electron chi connectivity index (χ3n) is 3.73. The van der Waals surface area contributed by atoms with E-state index in [0.717, 1.165) is 5.56 Å². The number of carbonyl (C=O) groups is 1. The number of ether oxygens (including phenoxy) is 2. The van der Waals surface area contributed by atoms with Crippen molar-refractivity contribution >= 4 is 11.9 Å². The molecule has 0 fully saturated rings. The fourth-order valence-electron chi connectivity index (χ4n) is 2.30. The summed E-state index contributed by atoms with van der Waals surface area (Å²) < 4.78 is 10.1. The van der Waals surface area contributed by atoms with Crippen LogP contribution in [-0.2, 0) is 16.1 Å². The van der Waals surface area contributed by atoms with Crippen LogP contribution in [0.15, 0.2) is 42.5 Å². The maximum absolute atomic E-state index is 11.9. The number of aromatic hydroxyl groups is 2. The lowest BCUT2D eigenvalue weighted by Crippen LogP contribution is -2.21. The molecule has 27 heavy (non-hydrogen) atoms. The summed E-state index contributed by atoms with van der Waals surface area (Å²) in [4.78, 5) is 17.0. The van der Waals surface area contributed by atoms with E-state index in [2.05, 4.69) is 5.48 Å². The summed E-state index contributed by atoms with van der Waals surface area (Å²) in [5, 5.41) is 19.1. The average Bonchev–Trinajstić information content (AvgIpc) is 2.68. The minimum Gasteiger partial charge on any atom is -0.508 e. The number of methoxy groups -OCH3 is 2. The first-order valence-corrected chi connectivity index (χ1v) is 8.32. The molecule has 0 bridgehead atoms. The van der Waals surface area contributed by atoms with E-state index in [9.17, 15) is 15.0 Å². The normalized spacial score (nSPS) is 10.9. The van der Waals surface area contributed by atoms with Crippen LogP contribution in [0, 0.1) is 0 Å². The minimum atomic E-state index is -0.224. The summed E-state index contributed by atoms with van der Waals surface area (Å²) in [6.07, 6.45) is 3.68. The van der Waals surface area contributed by atoms with Gasteiger partial charge in [0.2, 0.25) is 5.75 Å². The van der Waals surface area contributed by atoms with E-state index in [1.165, 1.54) is 20.3 Å². The van der Waals surface area contributed by atoms with Crippen molar-refractivity contribution in [2.75, 3.05) is 27.4 Å². The van der Waals surface area contributed by atoms with Crippen LogP contribution < -0.4 is 15.0 Å². The number of hydrogen-bond donors (Lipinski definition) is 3. The zero-order valence-electron chi connectivity index (χ0n) is 15.3. The molecule has 2 aromatic carbocycles. The third kappa shape index (κ3) is 6.32. The van der Waals surface area contributed by atoms with Gasteiger partial charge in [0.25, 0.3) is 0 Å². The van der Waals surface area contributed by atoms with Gasteiger partial charge in [-0.2, -0.15) is 0 Å². The number of benzene rings is 2. The summed E-state index contributed by atoms with van der Waals surface area (Å²) in [5.74, 6) is 0.425. The lowest BCUT2D eigenvalue weighted by molar-refractivity contribution is -0.121. The van der Waals surface area contributed by atoms with E-state index >= 15 is 0 Å². The highest BCUT2D eigenvalue weighted by Crippen LogP contribution is 2.37. The molecular weight excluding hydrogens is 350 g/mol. The Bertz CT molecular complexity index is 761. The molecule has 0 radical (unpaired) electrons. The predicted octanol–water partition coefficient (Wildman–Crippen LogP) is 2.46. The van der Waals surface area contributed by atoms with Gasteiger partial charge < -0.3 is 19.7 Å². The Kier molecular flexibility index (Phi) is 7.66. The number of hydroxylamine groups is 1. The molecular formula is C20H23NO6. The number of hydrogen-bond acceptors (Lipinski definition) is 7. The SMILES string of the molecule is COc1cc(C=CC(=O)CONCCc2ccc(O)cc2)cc(OC)c1O. The molecule has 7 nitrogen and oxygen atoms in total. The molecule has 144 valence electrons. The number of phenolic OH excluding ortho intramolecular Hbond substituents is 2. The van der Waals surface area contributed by atoms with Gasteiger partial charge in [0.15, 0.2) is 17.3 Å². The van der Waals surface area contributed by atoms with Gasteiger partial charge in [-0.3, -0.25) is 9.63 Å². The molecule has 0 unspecified atom stereocenters. The predicted molar refractivity (Wildman–Crippen MR) is 101 cm³/mol. The zero-order valence-corrected chi connectivity index (χ0v) is 15.3. The lowest BCUT2D eigenvalue weighted by atomic mass is 10.1. The molecule has 0 aliphatic rings. The molecule has 0 aliphatic carbocycles. The van der Waals surface area contributed by atoms with Gasteiger partial charge in [-0.05, 0) is 47.9 Å². The number of rotatable bonds is 10. The minimum absolute atomic E-state index is 0.0929. The monoisotopic (exact) mass is 373 g/mol. The van der Waals surface area contributed by atoms with Crippen LogP contribution in [0.25, 0.3) is 6.08 Å². The maximum atomic E-state index is 11.9. The van der Waals surface area contributed by atoms with Gasteiger partial charge in [0.05, 0.1) is 14.2 Å². The topological polar surface area (TPSA) is 97.3 Å². The molecule has 0 aliphatic heterocycles. The van der Waals surface area contributed by atoms with Gasteiger partial charge in [0, 0.05) is 6.54 Å². The van der Waals surface area contributed by atoms with Gasteiger partial charge in [-0.15, -0.1) is 0 Å². The highest BCUT2D eigenvalue weighted by atomic mass is 16.6. The Morgan fingerprint density at radius 1 is 1.07 bits per heavy atom. The van der Waals surface area contributed by atoms with Crippen molar-refractivity contribution in [2.45, 2.75) is 6.42 Å². The molecule has 7 heteroatoms. The quantitative estimate of drug-likeness (QED) is 0.334. The Morgan fingerprint density at radius 3 is 2.30 bits per heavy atom. The summed E-state index contributed by atoms with van der Waals surface area (Å²) >= 11 is 0. The molecule has 0 saturated carbocycles. The molecule has 0 atom stereocenters. The zero-order chi connectivity index (χ0) is 19.6. The van der Waals surface area contributed by atoms with E-state index in [4.69, 9.17) is 14.3 Å². The summed E-state index contributed by atoms with van der Waals surface area (Å²) in [6, 6.07) is 10.1. The van der Waals surface area contributed by atoms with Gasteiger partial charge in [0.1, 0.15) is 12.4 Å². The van der Waals surface area contributed by atoms with Crippen molar-refractivity contribution < 1.29 is 29.3 Å². The van der Waals surface area contributed by atoms with Crippen LogP contribution in [0.5, 0.6) is 23.0 Å². The van der Waals surface area contributed by atoms with E-state index in [1.807, 2.05) is 12.1 Å². The van der Waals surface area contributed by atoms with E-state index in [0.29, 0.717) is 18.5 Å². The van der Waals surface area contributed by atoms with Crippen LogP contribution in [-0.4, -0.2) is 43.4 Å². The maximum Gasteiger partial charge on any atom is 0.200 e. The first-order chi connectivity index (χ1) is 13.0. The van der Waals surface area contributed by atoms with Crippen molar-refractivity contribution in [3.05, 3.63) is 53.6 Å². The molecule has 0 heterocycles. The standard InChI is InChI=1S/C20H23NO6/c1-25-18-11-15(12-19(26-2)20(18)24)5-8-17(23)13-27-21-10-9-14-3-6-16(22)7-4-14/h3-8,11-12,21-22,24H,9-10,13H2,1-2H3. The van der Waals surface area contributed by atoms with Crippen molar-refractivity contribution in [1.82, 2.24) is 5.48 Å². The molecule has 0 aromatic heterocycles. The number of phenols is 2. The van der Waals surface area contributed by atoms with E-state index < -0.39 is 0 Å². The Balaban J connectivity index is 1.77. The molecule has 0 spiro atoms. The van der Waals surface area contributed by atoms with Crippen LogP contribution >= 0.6 is 0 Å². The average molecular weight is 373 g/mol. The van der Waals surface area contributed by atoms with Crippen molar-refractivity contribution in [3.63, 3.8) is 0 Å². The Hall–Kier alpha value is -3.03. The van der Waals surface area contributed by atoms with Crippen LogP contribution in [0.2, 0.25) is 0 Å². The lowest BCUT2D eigenvalue weighted by Gasteiger charge is -2.09. The Labute approximate surface area is 157 Å². The molecule has 2 aromatic rings. The van der Waals surface area contributed by atoms with Gasteiger partial charge in [-0.1, -0.05) is 18.2 Å². The molecule has 2 rings (SSSR count). The van der Waals surface area contributed by atoms with Crippen molar-refractivity contribution in [1.29, 1.82) is 0 Å². The second-order valence-corrected chi connectivity index (χ2v) is 5.67. The number of carbonyl (C=O) groups excluding carboxylic acids is 1. The smallest absolute Gasteiger partial charge is 0.200 e. The first kappa shape index (κ1) is 20.3. The largest absolute Gasteiger partial charge is 0.508 e. The fourth-order valence-corrected chi connectivity index (χ4v) is 2.30.